The molecule has 3 nitrogen and oxygen atoms in total. The standard InChI is InChI=1S/C14H12BrF2NO2S/c1-2-18(13-6-4-3-5-11(13)16)21(19,20)14-8-7-10(15)9-12(14)17/h3-9H,2H2,1H3. The molecule has 0 saturated carbocycles. The van der Waals surface area contributed by atoms with Crippen molar-refractivity contribution in [2.75, 3.05) is 10.8 Å². The molecule has 0 heterocycles. The molecule has 2 rings (SSSR count). The molecule has 0 aromatic heterocycles. The number of nitrogens with zero attached hydrogens (tertiary/aromatic N) is 1. The van der Waals surface area contributed by atoms with Crippen LogP contribution in [0, 0.1) is 11.6 Å². The van der Waals surface area contributed by atoms with Gasteiger partial charge in [-0.1, -0.05) is 28.1 Å². The Morgan fingerprint density at radius 3 is 2.33 bits per heavy atom. The van der Waals surface area contributed by atoms with E-state index in [2.05, 4.69) is 15.9 Å². The van der Waals surface area contributed by atoms with E-state index in [0.29, 0.717) is 4.47 Å². The molecule has 0 amide bonds. The van der Waals surface area contributed by atoms with Crippen LogP contribution in [0.1, 0.15) is 6.92 Å². The van der Waals surface area contributed by atoms with E-state index in [0.717, 1.165) is 22.5 Å². The molecule has 0 aliphatic carbocycles. The van der Waals surface area contributed by atoms with E-state index in [1.165, 1.54) is 24.3 Å². The van der Waals surface area contributed by atoms with Crippen molar-refractivity contribution < 1.29 is 17.2 Å². The Kier molecular flexibility index (Phi) is 4.63. The summed E-state index contributed by atoms with van der Waals surface area (Å²) in [4.78, 5) is -0.490. The fraction of sp³-hybridized carbons (Fsp3) is 0.143. The second-order valence-corrected chi connectivity index (χ2v) is 6.94. The van der Waals surface area contributed by atoms with Gasteiger partial charge >= 0.3 is 0 Å². The molecule has 7 heteroatoms. The lowest BCUT2D eigenvalue weighted by atomic mass is 10.3. The molecule has 112 valence electrons. The molecule has 0 atom stereocenters. The Morgan fingerprint density at radius 1 is 1.10 bits per heavy atom. The molecule has 0 saturated heterocycles. The molecule has 0 unspecified atom stereocenters. The summed E-state index contributed by atoms with van der Waals surface area (Å²) >= 11 is 3.07. The quantitative estimate of drug-likeness (QED) is 0.811. The normalized spacial score (nSPS) is 11.4. The van der Waals surface area contributed by atoms with Crippen molar-refractivity contribution >= 4 is 31.6 Å². The fourth-order valence-electron chi connectivity index (χ4n) is 1.93. The molecule has 0 bridgehead atoms. The van der Waals surface area contributed by atoms with Crippen molar-refractivity contribution in [1.82, 2.24) is 0 Å². The molecule has 2 aromatic carbocycles. The van der Waals surface area contributed by atoms with Crippen LogP contribution in [0.4, 0.5) is 14.5 Å². The lowest BCUT2D eigenvalue weighted by Crippen LogP contribution is -2.32. The van der Waals surface area contributed by atoms with Crippen molar-refractivity contribution in [3.63, 3.8) is 0 Å². The largest absolute Gasteiger partial charge is 0.267 e. The molecule has 0 aliphatic heterocycles. The van der Waals surface area contributed by atoms with Crippen LogP contribution in [0.5, 0.6) is 0 Å². The van der Waals surface area contributed by atoms with Crippen molar-refractivity contribution in [3.05, 3.63) is 58.6 Å². The van der Waals surface area contributed by atoms with Gasteiger partial charge in [-0.25, -0.2) is 17.2 Å². The van der Waals surface area contributed by atoms with Crippen LogP contribution in [0.2, 0.25) is 0 Å². The van der Waals surface area contributed by atoms with Crippen molar-refractivity contribution in [2.24, 2.45) is 0 Å². The highest BCUT2D eigenvalue weighted by molar-refractivity contribution is 9.10. The smallest absolute Gasteiger partial charge is 0.264 e. The fourth-order valence-corrected chi connectivity index (χ4v) is 3.79. The number of para-hydroxylation sites is 1. The van der Waals surface area contributed by atoms with E-state index in [4.69, 9.17) is 0 Å². The number of hydrogen-bond donors (Lipinski definition) is 0. The lowest BCUT2D eigenvalue weighted by Gasteiger charge is -2.23. The van der Waals surface area contributed by atoms with Gasteiger partial charge in [-0.2, -0.15) is 0 Å². The van der Waals surface area contributed by atoms with Crippen LogP contribution >= 0.6 is 15.9 Å². The molecule has 0 spiro atoms. The maximum Gasteiger partial charge on any atom is 0.267 e. The summed E-state index contributed by atoms with van der Waals surface area (Å²) in [5, 5.41) is 0. The zero-order valence-corrected chi connectivity index (χ0v) is 13.5. The van der Waals surface area contributed by atoms with Gasteiger partial charge in [0.15, 0.2) is 0 Å². The zero-order valence-electron chi connectivity index (χ0n) is 11.1. The third kappa shape index (κ3) is 3.08. The molecular formula is C14H12BrF2NO2S. The highest BCUT2D eigenvalue weighted by atomic mass is 79.9. The molecule has 0 N–H and O–H groups in total. The first-order valence-corrected chi connectivity index (χ1v) is 8.33. The van der Waals surface area contributed by atoms with E-state index < -0.39 is 26.6 Å². The number of halogens is 3. The second kappa shape index (κ2) is 6.11. The topological polar surface area (TPSA) is 37.4 Å². The predicted octanol–water partition coefficient (Wildman–Crippen LogP) is 3.94. The summed E-state index contributed by atoms with van der Waals surface area (Å²) in [6.07, 6.45) is 0. The Labute approximate surface area is 130 Å². The highest BCUT2D eigenvalue weighted by Crippen LogP contribution is 2.28. The summed E-state index contributed by atoms with van der Waals surface area (Å²) in [6.45, 7) is 1.54. The number of sulfonamides is 1. The summed E-state index contributed by atoms with van der Waals surface area (Å²) in [5.41, 5.74) is -0.109. The van der Waals surface area contributed by atoms with Crippen molar-refractivity contribution in [3.8, 4) is 0 Å². The number of rotatable bonds is 4. The molecule has 0 fully saturated rings. The van der Waals surface area contributed by atoms with Gasteiger partial charge in [0.2, 0.25) is 0 Å². The van der Waals surface area contributed by atoms with Crippen LogP contribution in [-0.4, -0.2) is 15.0 Å². The van der Waals surface area contributed by atoms with Gasteiger partial charge < -0.3 is 0 Å². The molecular weight excluding hydrogens is 364 g/mol. The van der Waals surface area contributed by atoms with Gasteiger partial charge in [-0.15, -0.1) is 0 Å². The van der Waals surface area contributed by atoms with Gasteiger partial charge in [0.05, 0.1) is 5.69 Å². The first-order valence-electron chi connectivity index (χ1n) is 6.10. The van der Waals surface area contributed by atoms with Crippen molar-refractivity contribution in [2.45, 2.75) is 11.8 Å². The minimum atomic E-state index is -4.18. The Hall–Kier alpha value is -1.47. The van der Waals surface area contributed by atoms with E-state index >= 15 is 0 Å². The highest BCUT2D eigenvalue weighted by Gasteiger charge is 2.28. The van der Waals surface area contributed by atoms with Crippen LogP contribution in [0.25, 0.3) is 0 Å². The third-order valence-electron chi connectivity index (χ3n) is 2.87. The first kappa shape index (κ1) is 15.9. The lowest BCUT2D eigenvalue weighted by molar-refractivity contribution is 0.561. The van der Waals surface area contributed by atoms with Crippen LogP contribution in [0.3, 0.4) is 0 Å². The number of benzene rings is 2. The minimum Gasteiger partial charge on any atom is -0.264 e. The second-order valence-electron chi connectivity index (χ2n) is 4.20. The van der Waals surface area contributed by atoms with E-state index in [1.54, 1.807) is 6.92 Å². The zero-order chi connectivity index (χ0) is 15.6. The van der Waals surface area contributed by atoms with E-state index in [9.17, 15) is 17.2 Å². The van der Waals surface area contributed by atoms with E-state index in [-0.39, 0.29) is 12.2 Å². The monoisotopic (exact) mass is 375 g/mol. The van der Waals surface area contributed by atoms with Gasteiger partial charge in [-0.05, 0) is 37.3 Å². The summed E-state index contributed by atoms with van der Waals surface area (Å²) < 4.78 is 54.1. The van der Waals surface area contributed by atoms with E-state index in [1.807, 2.05) is 0 Å². The van der Waals surface area contributed by atoms with Crippen molar-refractivity contribution in [1.29, 1.82) is 0 Å². The summed E-state index contributed by atoms with van der Waals surface area (Å²) in [6, 6.07) is 9.11. The van der Waals surface area contributed by atoms with Gasteiger partial charge in [0, 0.05) is 11.0 Å². The average Bonchev–Trinajstić information content (AvgIpc) is 2.41. The SMILES string of the molecule is CCN(c1ccccc1F)S(=O)(=O)c1ccc(Br)cc1F. The maximum absolute atomic E-state index is 13.9. The van der Waals surface area contributed by atoms with Crippen LogP contribution < -0.4 is 4.31 Å². The Bertz CT molecular complexity index is 765. The summed E-state index contributed by atoms with van der Waals surface area (Å²) in [7, 11) is -4.18. The Balaban J connectivity index is 2.58. The third-order valence-corrected chi connectivity index (χ3v) is 5.29. The van der Waals surface area contributed by atoms with Gasteiger partial charge in [0.1, 0.15) is 16.5 Å². The van der Waals surface area contributed by atoms with Gasteiger partial charge in [0.25, 0.3) is 10.0 Å². The molecule has 0 radical (unpaired) electrons. The number of hydrogen-bond acceptors (Lipinski definition) is 2. The number of anilines is 1. The average molecular weight is 376 g/mol. The minimum absolute atomic E-state index is 0.0151. The molecule has 0 aliphatic rings. The van der Waals surface area contributed by atoms with Crippen LogP contribution in [0.15, 0.2) is 51.8 Å². The van der Waals surface area contributed by atoms with Crippen LogP contribution in [-0.2, 0) is 10.0 Å². The molecule has 2 aromatic rings. The predicted molar refractivity (Wildman–Crippen MR) is 80.7 cm³/mol. The maximum atomic E-state index is 13.9. The molecule has 21 heavy (non-hydrogen) atoms. The van der Waals surface area contributed by atoms with Gasteiger partial charge in [-0.3, -0.25) is 4.31 Å². The summed E-state index contributed by atoms with van der Waals surface area (Å²) in [5.74, 6) is -1.57. The Morgan fingerprint density at radius 2 is 1.76 bits per heavy atom. The first-order chi connectivity index (χ1) is 9.87.